The van der Waals surface area contributed by atoms with Crippen LogP contribution in [-0.2, 0) is 4.79 Å². The van der Waals surface area contributed by atoms with Crippen molar-refractivity contribution in [1.29, 1.82) is 0 Å². The van der Waals surface area contributed by atoms with Crippen LogP contribution in [0.15, 0.2) is 71.8 Å². The van der Waals surface area contributed by atoms with Crippen molar-refractivity contribution in [3.05, 3.63) is 77.9 Å². The van der Waals surface area contributed by atoms with Gasteiger partial charge in [-0.15, -0.1) is 0 Å². The lowest BCUT2D eigenvalue weighted by Crippen LogP contribution is -2.20. The number of aromatic hydroxyl groups is 1. The number of nitrogens with zero attached hydrogens (tertiary/aromatic N) is 1. The van der Waals surface area contributed by atoms with Gasteiger partial charge in [0.05, 0.1) is 6.21 Å². The quantitative estimate of drug-likeness (QED) is 0.564. The van der Waals surface area contributed by atoms with E-state index in [1.807, 2.05) is 48.5 Å². The van der Waals surface area contributed by atoms with E-state index < -0.39 is 0 Å². The van der Waals surface area contributed by atoms with Gasteiger partial charge in [-0.1, -0.05) is 60.7 Å². The molecule has 2 atom stereocenters. The molecule has 0 radical (unpaired) electrons. The zero-order valence-corrected chi connectivity index (χ0v) is 13.6. The Bertz CT molecular complexity index is 951. The van der Waals surface area contributed by atoms with E-state index in [1.54, 1.807) is 6.07 Å². The van der Waals surface area contributed by atoms with Gasteiger partial charge in [-0.25, -0.2) is 5.43 Å². The number of rotatable bonds is 4. The normalized spacial score (nSPS) is 19.2. The van der Waals surface area contributed by atoms with Crippen LogP contribution in [0.1, 0.15) is 23.5 Å². The Balaban J connectivity index is 1.46. The molecule has 1 saturated carbocycles. The number of carbonyl (C=O) groups is 1. The number of hydrazone groups is 1. The highest BCUT2D eigenvalue weighted by Gasteiger charge is 2.43. The summed E-state index contributed by atoms with van der Waals surface area (Å²) in [4.78, 5) is 12.2. The summed E-state index contributed by atoms with van der Waals surface area (Å²) in [5, 5.41) is 16.1. The molecular weight excluding hydrogens is 312 g/mol. The zero-order valence-electron chi connectivity index (χ0n) is 13.6. The van der Waals surface area contributed by atoms with Crippen molar-refractivity contribution in [1.82, 2.24) is 5.43 Å². The van der Waals surface area contributed by atoms with E-state index in [9.17, 15) is 9.90 Å². The topological polar surface area (TPSA) is 61.7 Å². The summed E-state index contributed by atoms with van der Waals surface area (Å²) in [7, 11) is 0. The summed E-state index contributed by atoms with van der Waals surface area (Å²) >= 11 is 0. The molecule has 1 amide bonds. The summed E-state index contributed by atoms with van der Waals surface area (Å²) in [6, 6.07) is 21.3. The second-order valence-electron chi connectivity index (χ2n) is 6.31. The van der Waals surface area contributed by atoms with Gasteiger partial charge in [0.2, 0.25) is 5.91 Å². The fourth-order valence-electron chi connectivity index (χ4n) is 3.22. The molecule has 2 unspecified atom stereocenters. The first-order valence-electron chi connectivity index (χ1n) is 8.32. The molecule has 124 valence electrons. The Hall–Kier alpha value is -3.14. The van der Waals surface area contributed by atoms with Crippen LogP contribution in [-0.4, -0.2) is 17.2 Å². The number of phenolic OH excluding ortho intramolecular Hbond substituents is 1. The van der Waals surface area contributed by atoms with Crippen LogP contribution in [0.3, 0.4) is 0 Å². The van der Waals surface area contributed by atoms with E-state index in [2.05, 4.69) is 22.7 Å². The van der Waals surface area contributed by atoms with E-state index in [0.29, 0.717) is 5.56 Å². The second-order valence-corrected chi connectivity index (χ2v) is 6.31. The highest BCUT2D eigenvalue weighted by molar-refractivity contribution is 6.02. The molecule has 25 heavy (non-hydrogen) atoms. The Morgan fingerprint density at radius 3 is 2.64 bits per heavy atom. The lowest BCUT2D eigenvalue weighted by atomic mass is 10.0. The van der Waals surface area contributed by atoms with Crippen molar-refractivity contribution < 1.29 is 9.90 Å². The third-order valence-corrected chi connectivity index (χ3v) is 4.67. The number of hydrogen-bond acceptors (Lipinski definition) is 3. The maximum absolute atomic E-state index is 12.2. The summed E-state index contributed by atoms with van der Waals surface area (Å²) in [6.45, 7) is 0. The van der Waals surface area contributed by atoms with E-state index in [-0.39, 0.29) is 23.5 Å². The highest BCUT2D eigenvalue weighted by atomic mass is 16.3. The summed E-state index contributed by atoms with van der Waals surface area (Å²) < 4.78 is 0. The number of benzene rings is 3. The van der Waals surface area contributed by atoms with Crippen LogP contribution in [0.25, 0.3) is 10.8 Å². The smallest absolute Gasteiger partial charge is 0.243 e. The maximum atomic E-state index is 12.2. The Morgan fingerprint density at radius 2 is 1.80 bits per heavy atom. The third kappa shape index (κ3) is 3.11. The lowest BCUT2D eigenvalue weighted by molar-refractivity contribution is -0.122. The third-order valence-electron chi connectivity index (χ3n) is 4.67. The molecule has 4 nitrogen and oxygen atoms in total. The van der Waals surface area contributed by atoms with Crippen LogP contribution >= 0.6 is 0 Å². The van der Waals surface area contributed by atoms with Gasteiger partial charge in [-0.3, -0.25) is 4.79 Å². The SMILES string of the molecule is O=C(NN=Cc1c(O)ccc2ccccc12)C1CC1c1ccccc1. The van der Waals surface area contributed by atoms with Gasteiger partial charge >= 0.3 is 0 Å². The molecule has 0 saturated heterocycles. The minimum absolute atomic E-state index is 0.0272. The molecular formula is C21H18N2O2. The predicted molar refractivity (Wildman–Crippen MR) is 98.6 cm³/mol. The lowest BCUT2D eigenvalue weighted by Gasteiger charge is -2.05. The van der Waals surface area contributed by atoms with Crippen molar-refractivity contribution in [3.8, 4) is 5.75 Å². The molecule has 3 aromatic rings. The number of hydrogen-bond donors (Lipinski definition) is 2. The van der Waals surface area contributed by atoms with Crippen LogP contribution < -0.4 is 5.43 Å². The van der Waals surface area contributed by atoms with Crippen LogP contribution in [0.2, 0.25) is 0 Å². The Labute approximate surface area is 145 Å². The van der Waals surface area contributed by atoms with Gasteiger partial charge < -0.3 is 5.11 Å². The Morgan fingerprint density at radius 1 is 1.04 bits per heavy atom. The van der Waals surface area contributed by atoms with E-state index in [1.165, 1.54) is 11.8 Å². The largest absolute Gasteiger partial charge is 0.507 e. The number of fused-ring (bicyclic) bond motifs is 1. The van der Waals surface area contributed by atoms with Crippen LogP contribution in [0.4, 0.5) is 0 Å². The van der Waals surface area contributed by atoms with Crippen LogP contribution in [0, 0.1) is 5.92 Å². The number of carbonyl (C=O) groups excluding carboxylic acids is 1. The first-order chi connectivity index (χ1) is 12.2. The van der Waals surface area contributed by atoms with Crippen molar-refractivity contribution in [3.63, 3.8) is 0 Å². The average Bonchev–Trinajstić information content (AvgIpc) is 3.45. The Kier molecular flexibility index (Phi) is 3.94. The average molecular weight is 330 g/mol. The van der Waals surface area contributed by atoms with Gasteiger partial charge in [-0.2, -0.15) is 5.10 Å². The summed E-state index contributed by atoms with van der Waals surface area (Å²) in [6.07, 6.45) is 2.36. The zero-order chi connectivity index (χ0) is 17.2. The van der Waals surface area contributed by atoms with Gasteiger partial charge in [0.15, 0.2) is 0 Å². The highest BCUT2D eigenvalue weighted by Crippen LogP contribution is 2.47. The van der Waals surface area contributed by atoms with E-state index >= 15 is 0 Å². The predicted octanol–water partition coefficient (Wildman–Crippen LogP) is 3.80. The monoisotopic (exact) mass is 330 g/mol. The van der Waals surface area contributed by atoms with Crippen molar-refractivity contribution in [2.45, 2.75) is 12.3 Å². The van der Waals surface area contributed by atoms with Crippen molar-refractivity contribution >= 4 is 22.9 Å². The van der Waals surface area contributed by atoms with Gasteiger partial charge in [0, 0.05) is 11.5 Å². The minimum atomic E-state index is -0.0789. The fraction of sp³-hybridized carbons (Fsp3) is 0.143. The molecule has 0 aliphatic heterocycles. The maximum Gasteiger partial charge on any atom is 0.243 e. The number of phenols is 1. The van der Waals surface area contributed by atoms with E-state index in [0.717, 1.165) is 17.2 Å². The molecule has 0 heterocycles. The van der Waals surface area contributed by atoms with Gasteiger partial charge in [0.25, 0.3) is 0 Å². The molecule has 0 bridgehead atoms. The molecule has 1 fully saturated rings. The fourth-order valence-corrected chi connectivity index (χ4v) is 3.22. The second kappa shape index (κ2) is 6.40. The molecule has 1 aliphatic carbocycles. The van der Waals surface area contributed by atoms with Crippen LogP contribution in [0.5, 0.6) is 5.75 Å². The molecule has 3 aromatic carbocycles. The van der Waals surface area contributed by atoms with E-state index in [4.69, 9.17) is 0 Å². The number of nitrogens with one attached hydrogen (secondary N) is 1. The summed E-state index contributed by atoms with van der Waals surface area (Å²) in [5.74, 6) is 0.318. The molecule has 0 aromatic heterocycles. The first kappa shape index (κ1) is 15.4. The molecule has 4 rings (SSSR count). The van der Waals surface area contributed by atoms with Crippen molar-refractivity contribution in [2.24, 2.45) is 11.0 Å². The van der Waals surface area contributed by atoms with Gasteiger partial charge in [0.1, 0.15) is 5.75 Å². The molecule has 2 N–H and O–H groups in total. The summed E-state index contributed by atoms with van der Waals surface area (Å²) in [5.41, 5.74) is 4.40. The molecule has 0 spiro atoms. The molecule has 1 aliphatic rings. The standard InChI is InChI=1S/C21H18N2O2/c24-20-11-10-15-8-4-5-9-16(15)19(20)13-22-23-21(25)18-12-17(18)14-6-2-1-3-7-14/h1-11,13,17-18,24H,12H2,(H,23,25). The van der Waals surface area contributed by atoms with Gasteiger partial charge in [-0.05, 0) is 34.7 Å². The van der Waals surface area contributed by atoms with Crippen molar-refractivity contribution in [2.75, 3.05) is 0 Å². The number of amides is 1. The minimum Gasteiger partial charge on any atom is -0.507 e. The first-order valence-corrected chi connectivity index (χ1v) is 8.32. The molecule has 4 heteroatoms.